The average Bonchev–Trinajstić information content (AvgIpc) is 3.24. The molecule has 0 aliphatic heterocycles. The molecular weight excluding hydrogens is 472 g/mol. The van der Waals surface area contributed by atoms with E-state index in [2.05, 4.69) is 20.9 Å². The number of carboxylic acids is 2. The number of hydrogen-bond acceptors (Lipinski definition) is 7. The summed E-state index contributed by atoms with van der Waals surface area (Å²) in [5, 5.41) is 26.6. The van der Waals surface area contributed by atoms with Crippen LogP contribution in [0.15, 0.2) is 30.5 Å². The minimum atomic E-state index is -1.49. The van der Waals surface area contributed by atoms with Gasteiger partial charge in [-0.15, -0.1) is 0 Å². The number of H-pyrrole nitrogens is 1. The Hall–Kier alpha value is -3.97. The van der Waals surface area contributed by atoms with Crippen LogP contribution in [0.3, 0.4) is 0 Å². The first-order valence-corrected chi connectivity index (χ1v) is 11.5. The highest BCUT2D eigenvalue weighted by Gasteiger charge is 2.31. The van der Waals surface area contributed by atoms with E-state index in [4.69, 9.17) is 16.6 Å². The zero-order chi connectivity index (χ0) is 26.7. The van der Waals surface area contributed by atoms with E-state index in [1.54, 1.807) is 12.3 Å². The van der Waals surface area contributed by atoms with Crippen LogP contribution < -0.4 is 27.4 Å². The van der Waals surface area contributed by atoms with Crippen LogP contribution in [0.4, 0.5) is 0 Å². The number of benzene rings is 1. The van der Waals surface area contributed by atoms with E-state index in [-0.39, 0.29) is 12.8 Å². The highest BCUT2D eigenvalue weighted by atomic mass is 16.4. The van der Waals surface area contributed by atoms with Gasteiger partial charge < -0.3 is 42.6 Å². The summed E-state index contributed by atoms with van der Waals surface area (Å²) < 4.78 is 0. The number of carboxylic acid groups (broad SMARTS) is 2. The molecule has 0 saturated heterocycles. The number of unbranched alkanes of at least 4 members (excludes halogenated alkanes) is 1. The molecule has 13 heteroatoms. The van der Waals surface area contributed by atoms with Crippen molar-refractivity contribution in [1.82, 2.24) is 20.9 Å². The summed E-state index contributed by atoms with van der Waals surface area (Å²) in [6, 6.07) is 3.31. The normalized spacial score (nSPS) is 13.4. The van der Waals surface area contributed by atoms with Crippen LogP contribution in [0.25, 0.3) is 10.9 Å². The van der Waals surface area contributed by atoms with Crippen LogP contribution in [0.5, 0.6) is 0 Å². The van der Waals surface area contributed by atoms with Crippen molar-refractivity contribution in [3.63, 3.8) is 0 Å². The van der Waals surface area contributed by atoms with Gasteiger partial charge in [-0.25, -0.2) is 4.79 Å². The summed E-state index contributed by atoms with van der Waals surface area (Å²) in [5.41, 5.74) is 12.2. The number of aromatic amines is 1. The molecule has 3 amide bonds. The SMILES string of the molecule is NCCCCC(NC(=O)C(Cc1c[nH]c2ccccc12)NC(=O)C(CC(=O)O)NC(=O)CN)C(=O)O. The summed E-state index contributed by atoms with van der Waals surface area (Å²) in [5.74, 6) is -5.03. The lowest BCUT2D eigenvalue weighted by atomic mass is 10.0. The van der Waals surface area contributed by atoms with Gasteiger partial charge in [0.2, 0.25) is 17.7 Å². The summed E-state index contributed by atoms with van der Waals surface area (Å²) >= 11 is 0. The van der Waals surface area contributed by atoms with Gasteiger partial charge in [0.05, 0.1) is 13.0 Å². The zero-order valence-corrected chi connectivity index (χ0v) is 19.7. The van der Waals surface area contributed by atoms with Crippen molar-refractivity contribution in [2.45, 2.75) is 50.2 Å². The van der Waals surface area contributed by atoms with Crippen LogP contribution in [0.1, 0.15) is 31.2 Å². The number of aromatic nitrogens is 1. The average molecular weight is 505 g/mol. The molecule has 2 aromatic rings. The molecule has 0 saturated carbocycles. The summed E-state index contributed by atoms with van der Waals surface area (Å²) in [6.07, 6.45) is 2.08. The molecule has 0 aliphatic carbocycles. The second kappa shape index (κ2) is 13.8. The number of nitrogens with one attached hydrogen (secondary N) is 4. The maximum Gasteiger partial charge on any atom is 0.326 e. The molecule has 3 unspecified atom stereocenters. The maximum absolute atomic E-state index is 13.2. The fraction of sp³-hybridized carbons (Fsp3) is 0.435. The van der Waals surface area contributed by atoms with Crippen molar-refractivity contribution in [2.75, 3.05) is 13.1 Å². The largest absolute Gasteiger partial charge is 0.481 e. The third-order valence-corrected chi connectivity index (χ3v) is 5.51. The van der Waals surface area contributed by atoms with Crippen LogP contribution in [0, 0.1) is 0 Å². The molecule has 13 nitrogen and oxygen atoms in total. The van der Waals surface area contributed by atoms with E-state index in [9.17, 15) is 29.1 Å². The number of hydrogen-bond donors (Lipinski definition) is 8. The molecule has 2 rings (SSSR count). The standard InChI is InChI=1S/C23H32N6O7/c24-8-4-3-7-16(23(35)36)28-21(33)17(9-13-12-26-15-6-2-1-5-14(13)15)29-22(34)18(10-20(31)32)27-19(30)11-25/h1-2,5-6,12,16-18,26H,3-4,7-11,24-25H2,(H,27,30)(H,28,33)(H,29,34)(H,31,32)(H,35,36). The van der Waals surface area contributed by atoms with Crippen molar-refractivity contribution in [3.8, 4) is 0 Å². The van der Waals surface area contributed by atoms with E-state index in [1.807, 2.05) is 18.2 Å². The maximum atomic E-state index is 13.2. The molecule has 1 heterocycles. The number of para-hydroxylation sites is 1. The minimum absolute atomic E-state index is 0.0264. The van der Waals surface area contributed by atoms with Gasteiger partial charge in [0, 0.05) is 23.5 Å². The van der Waals surface area contributed by atoms with Crippen LogP contribution in [-0.4, -0.2) is 76.1 Å². The van der Waals surface area contributed by atoms with Crippen molar-refractivity contribution >= 4 is 40.6 Å². The molecular formula is C23H32N6O7. The quantitative estimate of drug-likeness (QED) is 0.136. The zero-order valence-electron chi connectivity index (χ0n) is 19.7. The Bertz CT molecular complexity index is 1090. The topological polar surface area (TPSA) is 230 Å². The Morgan fingerprint density at radius 2 is 1.56 bits per heavy atom. The predicted molar refractivity (Wildman–Crippen MR) is 130 cm³/mol. The van der Waals surface area contributed by atoms with Gasteiger partial charge in [0.15, 0.2) is 0 Å². The number of nitrogens with two attached hydrogens (primary N) is 2. The van der Waals surface area contributed by atoms with E-state index < -0.39 is 60.8 Å². The van der Waals surface area contributed by atoms with Crippen molar-refractivity contribution in [3.05, 3.63) is 36.0 Å². The third-order valence-electron chi connectivity index (χ3n) is 5.51. The van der Waals surface area contributed by atoms with E-state index >= 15 is 0 Å². The van der Waals surface area contributed by atoms with Crippen molar-refractivity contribution in [1.29, 1.82) is 0 Å². The van der Waals surface area contributed by atoms with Crippen LogP contribution >= 0.6 is 0 Å². The Balaban J connectivity index is 2.29. The lowest BCUT2D eigenvalue weighted by Crippen LogP contribution is -2.57. The van der Waals surface area contributed by atoms with E-state index in [0.29, 0.717) is 24.9 Å². The molecule has 3 atom stereocenters. The number of aliphatic carboxylic acids is 2. The summed E-state index contributed by atoms with van der Waals surface area (Å²) in [7, 11) is 0. The highest BCUT2D eigenvalue weighted by molar-refractivity contribution is 5.95. The van der Waals surface area contributed by atoms with Gasteiger partial charge in [-0.2, -0.15) is 0 Å². The van der Waals surface area contributed by atoms with Gasteiger partial charge in [0.25, 0.3) is 0 Å². The first kappa shape index (κ1) is 28.3. The molecule has 0 aliphatic rings. The molecule has 0 radical (unpaired) electrons. The van der Waals surface area contributed by atoms with Gasteiger partial charge in [-0.3, -0.25) is 19.2 Å². The van der Waals surface area contributed by atoms with E-state index in [1.165, 1.54) is 0 Å². The second-order valence-corrected chi connectivity index (χ2v) is 8.23. The lowest BCUT2D eigenvalue weighted by molar-refractivity contribution is -0.143. The van der Waals surface area contributed by atoms with Crippen LogP contribution in [0.2, 0.25) is 0 Å². The number of rotatable bonds is 15. The monoisotopic (exact) mass is 504 g/mol. The molecule has 196 valence electrons. The number of carbonyl (C=O) groups excluding carboxylic acids is 3. The van der Waals surface area contributed by atoms with Crippen molar-refractivity contribution in [2.24, 2.45) is 11.5 Å². The fourth-order valence-corrected chi connectivity index (χ4v) is 3.66. The van der Waals surface area contributed by atoms with Gasteiger partial charge >= 0.3 is 11.9 Å². The second-order valence-electron chi connectivity index (χ2n) is 8.23. The Morgan fingerprint density at radius 1 is 0.889 bits per heavy atom. The molecule has 0 fully saturated rings. The predicted octanol–water partition coefficient (Wildman–Crippen LogP) is -1.19. The first-order chi connectivity index (χ1) is 17.2. The highest BCUT2D eigenvalue weighted by Crippen LogP contribution is 2.19. The smallest absolute Gasteiger partial charge is 0.326 e. The van der Waals surface area contributed by atoms with Crippen molar-refractivity contribution < 1.29 is 34.2 Å². The Labute approximate surface area is 207 Å². The first-order valence-electron chi connectivity index (χ1n) is 11.5. The Morgan fingerprint density at radius 3 is 2.19 bits per heavy atom. The summed E-state index contributed by atoms with van der Waals surface area (Å²) in [4.78, 5) is 63.8. The molecule has 36 heavy (non-hydrogen) atoms. The fourth-order valence-electron chi connectivity index (χ4n) is 3.66. The molecule has 0 bridgehead atoms. The minimum Gasteiger partial charge on any atom is -0.481 e. The van der Waals surface area contributed by atoms with Gasteiger partial charge in [0.1, 0.15) is 18.1 Å². The third kappa shape index (κ3) is 8.36. The number of fused-ring (bicyclic) bond motifs is 1. The van der Waals surface area contributed by atoms with Crippen LogP contribution in [-0.2, 0) is 30.4 Å². The lowest BCUT2D eigenvalue weighted by Gasteiger charge is -2.24. The summed E-state index contributed by atoms with van der Waals surface area (Å²) in [6.45, 7) is -0.0925. The molecule has 0 spiro atoms. The van der Waals surface area contributed by atoms with Gasteiger partial charge in [-0.1, -0.05) is 18.2 Å². The van der Waals surface area contributed by atoms with E-state index in [0.717, 1.165) is 10.9 Å². The molecule has 1 aromatic heterocycles. The Kier molecular flexibility index (Phi) is 10.8. The van der Waals surface area contributed by atoms with Gasteiger partial charge in [-0.05, 0) is 37.4 Å². The molecule has 10 N–H and O–H groups in total. The number of carbonyl (C=O) groups is 5. The molecule has 1 aromatic carbocycles. The number of amides is 3.